The SMILES string of the molecule is CC(CN)N1CCN(c2ncccc2C(F)(F)F)CC1. The molecule has 0 spiro atoms. The molecule has 112 valence electrons. The third kappa shape index (κ3) is 3.21. The molecular weight excluding hydrogens is 269 g/mol. The van der Waals surface area contributed by atoms with Crippen molar-refractivity contribution in [1.82, 2.24) is 9.88 Å². The highest BCUT2D eigenvalue weighted by molar-refractivity contribution is 5.48. The van der Waals surface area contributed by atoms with Crippen LogP contribution in [0.15, 0.2) is 18.3 Å². The Hall–Kier alpha value is -1.34. The number of nitrogens with zero attached hydrogens (tertiary/aromatic N) is 3. The summed E-state index contributed by atoms with van der Waals surface area (Å²) >= 11 is 0. The van der Waals surface area contributed by atoms with Gasteiger partial charge in [-0.2, -0.15) is 13.2 Å². The molecule has 20 heavy (non-hydrogen) atoms. The lowest BCUT2D eigenvalue weighted by Gasteiger charge is -2.38. The van der Waals surface area contributed by atoms with E-state index in [1.807, 2.05) is 6.92 Å². The molecule has 1 unspecified atom stereocenters. The average Bonchev–Trinajstić information content (AvgIpc) is 2.46. The number of halogens is 3. The van der Waals surface area contributed by atoms with E-state index < -0.39 is 11.7 Å². The number of aromatic nitrogens is 1. The van der Waals surface area contributed by atoms with Crippen molar-refractivity contribution in [2.24, 2.45) is 5.73 Å². The van der Waals surface area contributed by atoms with Crippen LogP contribution in [0.3, 0.4) is 0 Å². The molecule has 0 amide bonds. The zero-order valence-corrected chi connectivity index (χ0v) is 11.4. The molecule has 1 saturated heterocycles. The van der Waals surface area contributed by atoms with Crippen molar-refractivity contribution >= 4 is 5.82 Å². The van der Waals surface area contributed by atoms with E-state index in [0.29, 0.717) is 32.7 Å². The van der Waals surface area contributed by atoms with Crippen molar-refractivity contribution in [2.75, 3.05) is 37.6 Å². The lowest BCUT2D eigenvalue weighted by Crippen LogP contribution is -2.52. The summed E-state index contributed by atoms with van der Waals surface area (Å²) in [5.41, 5.74) is 4.95. The molecule has 7 heteroatoms. The first-order valence-corrected chi connectivity index (χ1v) is 6.64. The lowest BCUT2D eigenvalue weighted by molar-refractivity contribution is -0.137. The number of rotatable bonds is 3. The fourth-order valence-electron chi connectivity index (χ4n) is 2.39. The standard InChI is InChI=1S/C13H19F3N4/c1-10(9-17)19-5-7-20(8-6-19)12-11(13(14,15)16)3-2-4-18-12/h2-4,10H,5-9,17H2,1H3. The van der Waals surface area contributed by atoms with Crippen LogP contribution in [-0.2, 0) is 6.18 Å². The van der Waals surface area contributed by atoms with Crippen LogP contribution < -0.4 is 10.6 Å². The monoisotopic (exact) mass is 288 g/mol. The fourth-order valence-corrected chi connectivity index (χ4v) is 2.39. The second-order valence-electron chi connectivity index (χ2n) is 4.98. The van der Waals surface area contributed by atoms with E-state index in [9.17, 15) is 13.2 Å². The summed E-state index contributed by atoms with van der Waals surface area (Å²) in [7, 11) is 0. The van der Waals surface area contributed by atoms with Crippen LogP contribution in [0.5, 0.6) is 0 Å². The first-order chi connectivity index (χ1) is 9.43. The van der Waals surface area contributed by atoms with Crippen molar-refractivity contribution in [3.8, 4) is 0 Å². The molecule has 0 radical (unpaired) electrons. The Balaban J connectivity index is 2.12. The van der Waals surface area contributed by atoms with Crippen LogP contribution in [0.4, 0.5) is 19.0 Å². The van der Waals surface area contributed by atoms with Gasteiger partial charge < -0.3 is 10.6 Å². The molecule has 1 fully saturated rings. The number of hydrogen-bond acceptors (Lipinski definition) is 4. The van der Waals surface area contributed by atoms with Crippen LogP contribution in [0.1, 0.15) is 12.5 Å². The number of alkyl halides is 3. The maximum absolute atomic E-state index is 13.0. The van der Waals surface area contributed by atoms with Gasteiger partial charge in [0, 0.05) is 45.0 Å². The summed E-state index contributed by atoms with van der Waals surface area (Å²) < 4.78 is 38.9. The molecule has 0 aliphatic carbocycles. The maximum Gasteiger partial charge on any atom is 0.419 e. The van der Waals surface area contributed by atoms with Crippen LogP contribution in [0.2, 0.25) is 0 Å². The first kappa shape index (κ1) is 15.1. The molecule has 0 bridgehead atoms. The average molecular weight is 288 g/mol. The molecular formula is C13H19F3N4. The Kier molecular flexibility index (Phi) is 4.49. The highest BCUT2D eigenvalue weighted by Crippen LogP contribution is 2.35. The van der Waals surface area contributed by atoms with Crippen molar-refractivity contribution in [3.63, 3.8) is 0 Å². The molecule has 4 nitrogen and oxygen atoms in total. The number of nitrogens with two attached hydrogens (primary N) is 1. The van der Waals surface area contributed by atoms with Crippen LogP contribution in [0, 0.1) is 0 Å². The second kappa shape index (κ2) is 5.97. The van der Waals surface area contributed by atoms with Crippen molar-refractivity contribution in [2.45, 2.75) is 19.1 Å². The predicted molar refractivity (Wildman–Crippen MR) is 71.5 cm³/mol. The fraction of sp³-hybridized carbons (Fsp3) is 0.615. The lowest BCUT2D eigenvalue weighted by atomic mass is 10.2. The highest BCUT2D eigenvalue weighted by atomic mass is 19.4. The van der Waals surface area contributed by atoms with E-state index in [-0.39, 0.29) is 11.9 Å². The summed E-state index contributed by atoms with van der Waals surface area (Å²) in [5.74, 6) is 0.0278. The van der Waals surface area contributed by atoms with Gasteiger partial charge in [-0.15, -0.1) is 0 Å². The van der Waals surface area contributed by atoms with Gasteiger partial charge in [0.25, 0.3) is 0 Å². The van der Waals surface area contributed by atoms with Gasteiger partial charge in [-0.1, -0.05) is 0 Å². The zero-order chi connectivity index (χ0) is 14.8. The number of anilines is 1. The molecule has 2 N–H and O–H groups in total. The number of pyridine rings is 1. The topological polar surface area (TPSA) is 45.4 Å². The first-order valence-electron chi connectivity index (χ1n) is 6.64. The third-order valence-corrected chi connectivity index (χ3v) is 3.67. The van der Waals surface area contributed by atoms with E-state index in [2.05, 4.69) is 9.88 Å². The summed E-state index contributed by atoms with van der Waals surface area (Å²) in [6, 6.07) is 2.65. The molecule has 1 aromatic rings. The maximum atomic E-state index is 13.0. The van der Waals surface area contributed by atoms with Gasteiger partial charge in [0.05, 0.1) is 5.56 Å². The summed E-state index contributed by atoms with van der Waals surface area (Å²) in [5, 5.41) is 0. The van der Waals surface area contributed by atoms with Gasteiger partial charge in [-0.3, -0.25) is 4.90 Å². The van der Waals surface area contributed by atoms with E-state index in [4.69, 9.17) is 5.73 Å². The molecule has 1 aliphatic heterocycles. The van der Waals surface area contributed by atoms with Gasteiger partial charge in [0.1, 0.15) is 5.82 Å². The molecule has 1 atom stereocenters. The van der Waals surface area contributed by atoms with E-state index >= 15 is 0 Å². The molecule has 0 aromatic carbocycles. The highest BCUT2D eigenvalue weighted by Gasteiger charge is 2.36. The van der Waals surface area contributed by atoms with Crippen LogP contribution in [0.25, 0.3) is 0 Å². The smallest absolute Gasteiger partial charge is 0.354 e. The minimum atomic E-state index is -4.37. The van der Waals surface area contributed by atoms with Crippen LogP contribution in [-0.4, -0.2) is 48.6 Å². The Morgan fingerprint density at radius 2 is 1.95 bits per heavy atom. The van der Waals surface area contributed by atoms with Crippen molar-refractivity contribution in [1.29, 1.82) is 0 Å². The Morgan fingerprint density at radius 1 is 1.30 bits per heavy atom. The third-order valence-electron chi connectivity index (χ3n) is 3.67. The quantitative estimate of drug-likeness (QED) is 0.917. The largest absolute Gasteiger partial charge is 0.419 e. The summed E-state index contributed by atoms with van der Waals surface area (Å²) in [4.78, 5) is 7.81. The predicted octanol–water partition coefficient (Wildman–Crippen LogP) is 1.57. The molecule has 2 rings (SSSR count). The minimum absolute atomic E-state index is 0.0278. The molecule has 1 aliphatic rings. The van der Waals surface area contributed by atoms with Crippen LogP contribution >= 0.6 is 0 Å². The number of hydrogen-bond donors (Lipinski definition) is 1. The van der Waals surface area contributed by atoms with Crippen molar-refractivity contribution < 1.29 is 13.2 Å². The van der Waals surface area contributed by atoms with Gasteiger partial charge in [-0.25, -0.2) is 4.98 Å². The van der Waals surface area contributed by atoms with Gasteiger partial charge in [-0.05, 0) is 19.1 Å². The normalized spacial score (nSPS) is 19.1. The van der Waals surface area contributed by atoms with Gasteiger partial charge >= 0.3 is 6.18 Å². The summed E-state index contributed by atoms with van der Waals surface area (Å²) in [6.07, 6.45) is -2.97. The molecule has 1 aromatic heterocycles. The van der Waals surface area contributed by atoms with E-state index in [1.165, 1.54) is 12.3 Å². The second-order valence-corrected chi connectivity index (χ2v) is 4.98. The number of piperazine rings is 1. The van der Waals surface area contributed by atoms with Gasteiger partial charge in [0.2, 0.25) is 0 Å². The van der Waals surface area contributed by atoms with Gasteiger partial charge in [0.15, 0.2) is 0 Å². The summed E-state index contributed by atoms with van der Waals surface area (Å²) in [6.45, 7) is 5.04. The Bertz CT molecular complexity index is 441. The molecule has 0 saturated carbocycles. The van der Waals surface area contributed by atoms with E-state index in [0.717, 1.165) is 6.07 Å². The zero-order valence-electron chi connectivity index (χ0n) is 11.4. The molecule has 2 heterocycles. The van der Waals surface area contributed by atoms with Crippen molar-refractivity contribution in [3.05, 3.63) is 23.9 Å². The Morgan fingerprint density at radius 3 is 2.50 bits per heavy atom. The minimum Gasteiger partial charge on any atom is -0.354 e. The van der Waals surface area contributed by atoms with E-state index in [1.54, 1.807) is 4.90 Å². The Labute approximate surface area is 116 Å².